The second kappa shape index (κ2) is 5.27. The maximum Gasteiger partial charge on any atom is 0.309 e. The molecule has 0 heterocycles. The summed E-state index contributed by atoms with van der Waals surface area (Å²) in [5.41, 5.74) is -1.36. The fourth-order valence-electron chi connectivity index (χ4n) is 2.90. The summed E-state index contributed by atoms with van der Waals surface area (Å²) in [6.45, 7) is 0. The van der Waals surface area contributed by atoms with Crippen LogP contribution in [0, 0.1) is 5.41 Å². The van der Waals surface area contributed by atoms with E-state index >= 15 is 0 Å². The highest BCUT2D eigenvalue weighted by atomic mass is 19.3. The Kier molecular flexibility index (Phi) is 3.88. The molecule has 0 saturated heterocycles. The zero-order chi connectivity index (χ0) is 13.9. The van der Waals surface area contributed by atoms with Crippen LogP contribution in [0.3, 0.4) is 0 Å². The van der Waals surface area contributed by atoms with Gasteiger partial charge in [0.05, 0.1) is 5.41 Å². The summed E-state index contributed by atoms with van der Waals surface area (Å²) >= 11 is 0. The van der Waals surface area contributed by atoms with Crippen LogP contribution in [0.4, 0.5) is 8.78 Å². The number of aliphatic carboxylic acids is 1. The Morgan fingerprint density at radius 2 is 1.74 bits per heavy atom. The van der Waals surface area contributed by atoms with Gasteiger partial charge in [-0.05, 0) is 12.8 Å². The number of benzene rings is 1. The molecule has 1 aliphatic carbocycles. The van der Waals surface area contributed by atoms with Crippen LogP contribution < -0.4 is 0 Å². The molecule has 1 saturated carbocycles. The number of rotatable bonds is 4. The molecule has 1 N–H and O–H groups in total. The highest BCUT2D eigenvalue weighted by Crippen LogP contribution is 2.47. The van der Waals surface area contributed by atoms with Crippen LogP contribution in [-0.2, 0) is 10.7 Å². The van der Waals surface area contributed by atoms with Crippen molar-refractivity contribution in [1.29, 1.82) is 0 Å². The molecule has 0 radical (unpaired) electrons. The maximum absolute atomic E-state index is 14.3. The largest absolute Gasteiger partial charge is 0.481 e. The van der Waals surface area contributed by atoms with E-state index in [4.69, 9.17) is 0 Å². The van der Waals surface area contributed by atoms with Crippen molar-refractivity contribution in [3.63, 3.8) is 0 Å². The van der Waals surface area contributed by atoms with E-state index in [1.165, 1.54) is 12.1 Å². The van der Waals surface area contributed by atoms with Crippen LogP contribution in [0.5, 0.6) is 0 Å². The molecule has 0 unspecified atom stereocenters. The SMILES string of the molecule is O=C(O)C1(CC(F)(F)c2ccccc2)CCCCC1. The number of hydrogen-bond donors (Lipinski definition) is 1. The fourth-order valence-corrected chi connectivity index (χ4v) is 2.90. The average Bonchev–Trinajstić information content (AvgIpc) is 2.40. The lowest BCUT2D eigenvalue weighted by molar-refractivity contribution is -0.159. The van der Waals surface area contributed by atoms with E-state index < -0.39 is 23.7 Å². The van der Waals surface area contributed by atoms with Gasteiger partial charge in [0.25, 0.3) is 5.92 Å². The molecule has 0 atom stereocenters. The summed E-state index contributed by atoms with van der Waals surface area (Å²) in [5, 5.41) is 9.37. The summed E-state index contributed by atoms with van der Waals surface area (Å²) in [4.78, 5) is 11.5. The molecule has 19 heavy (non-hydrogen) atoms. The van der Waals surface area contributed by atoms with Gasteiger partial charge < -0.3 is 5.11 Å². The minimum Gasteiger partial charge on any atom is -0.481 e. The van der Waals surface area contributed by atoms with Crippen LogP contribution in [0.1, 0.15) is 44.1 Å². The Morgan fingerprint density at radius 1 is 1.16 bits per heavy atom. The van der Waals surface area contributed by atoms with Gasteiger partial charge in [-0.2, -0.15) is 0 Å². The van der Waals surface area contributed by atoms with Gasteiger partial charge in [0, 0.05) is 12.0 Å². The fraction of sp³-hybridized carbons (Fsp3) is 0.533. The highest BCUT2D eigenvalue weighted by Gasteiger charge is 2.48. The van der Waals surface area contributed by atoms with Crippen molar-refractivity contribution in [3.8, 4) is 0 Å². The molecule has 0 aromatic heterocycles. The second-order valence-corrected chi connectivity index (χ2v) is 5.39. The first-order chi connectivity index (χ1) is 8.96. The molecule has 0 amide bonds. The first kappa shape index (κ1) is 14.0. The predicted octanol–water partition coefficient (Wildman–Crippen LogP) is 4.20. The molecule has 1 aromatic carbocycles. The summed E-state index contributed by atoms with van der Waals surface area (Å²) < 4.78 is 28.6. The summed E-state index contributed by atoms with van der Waals surface area (Å²) in [6.07, 6.45) is 2.48. The Bertz CT molecular complexity index is 437. The molecule has 4 heteroatoms. The van der Waals surface area contributed by atoms with Crippen molar-refractivity contribution in [2.24, 2.45) is 5.41 Å². The Hall–Kier alpha value is -1.45. The van der Waals surface area contributed by atoms with E-state index in [0.29, 0.717) is 12.8 Å². The molecule has 1 fully saturated rings. The minimum atomic E-state index is -3.09. The van der Waals surface area contributed by atoms with Crippen molar-refractivity contribution >= 4 is 5.97 Å². The van der Waals surface area contributed by atoms with E-state index in [9.17, 15) is 18.7 Å². The summed E-state index contributed by atoms with van der Waals surface area (Å²) in [6, 6.07) is 7.50. The monoisotopic (exact) mass is 268 g/mol. The number of alkyl halides is 2. The van der Waals surface area contributed by atoms with Crippen LogP contribution >= 0.6 is 0 Å². The van der Waals surface area contributed by atoms with Crippen molar-refractivity contribution in [2.75, 3.05) is 0 Å². The predicted molar refractivity (Wildman–Crippen MR) is 68.1 cm³/mol. The molecule has 0 bridgehead atoms. The van der Waals surface area contributed by atoms with E-state index in [-0.39, 0.29) is 5.56 Å². The smallest absolute Gasteiger partial charge is 0.309 e. The maximum atomic E-state index is 14.3. The summed E-state index contributed by atoms with van der Waals surface area (Å²) in [7, 11) is 0. The molecular formula is C15H18F2O2. The van der Waals surface area contributed by atoms with E-state index in [1.54, 1.807) is 18.2 Å². The van der Waals surface area contributed by atoms with Crippen LogP contribution in [0.2, 0.25) is 0 Å². The average molecular weight is 268 g/mol. The molecular weight excluding hydrogens is 250 g/mol. The number of carboxylic acid groups (broad SMARTS) is 1. The van der Waals surface area contributed by atoms with Crippen molar-refractivity contribution in [1.82, 2.24) is 0 Å². The quantitative estimate of drug-likeness (QED) is 0.888. The lowest BCUT2D eigenvalue weighted by atomic mass is 9.70. The standard InChI is InChI=1S/C15H18F2O2/c16-15(17,12-7-3-1-4-8-12)11-14(13(18)19)9-5-2-6-10-14/h1,3-4,7-8H,2,5-6,9-11H2,(H,18,19). The van der Waals surface area contributed by atoms with E-state index in [1.807, 2.05) is 0 Å². The van der Waals surface area contributed by atoms with Gasteiger partial charge >= 0.3 is 5.97 Å². The van der Waals surface area contributed by atoms with Gasteiger partial charge in [0.2, 0.25) is 0 Å². The Morgan fingerprint density at radius 3 is 2.26 bits per heavy atom. The van der Waals surface area contributed by atoms with Crippen molar-refractivity contribution < 1.29 is 18.7 Å². The first-order valence-corrected chi connectivity index (χ1v) is 6.63. The van der Waals surface area contributed by atoms with E-state index in [0.717, 1.165) is 19.3 Å². The third kappa shape index (κ3) is 2.94. The molecule has 0 spiro atoms. The number of carboxylic acids is 1. The van der Waals surface area contributed by atoms with Gasteiger partial charge in [0.15, 0.2) is 0 Å². The lowest BCUT2D eigenvalue weighted by Gasteiger charge is -2.36. The van der Waals surface area contributed by atoms with Crippen molar-refractivity contribution in [2.45, 2.75) is 44.4 Å². The van der Waals surface area contributed by atoms with Crippen LogP contribution in [-0.4, -0.2) is 11.1 Å². The molecule has 2 rings (SSSR count). The molecule has 1 aromatic rings. The lowest BCUT2D eigenvalue weighted by Crippen LogP contribution is -2.38. The van der Waals surface area contributed by atoms with Gasteiger partial charge in [-0.3, -0.25) is 4.79 Å². The third-order valence-electron chi connectivity index (χ3n) is 4.02. The molecule has 104 valence electrons. The topological polar surface area (TPSA) is 37.3 Å². The van der Waals surface area contributed by atoms with Gasteiger partial charge in [-0.25, -0.2) is 8.78 Å². The van der Waals surface area contributed by atoms with E-state index in [2.05, 4.69) is 0 Å². The zero-order valence-corrected chi connectivity index (χ0v) is 10.7. The van der Waals surface area contributed by atoms with Gasteiger partial charge in [-0.1, -0.05) is 49.6 Å². The van der Waals surface area contributed by atoms with Crippen LogP contribution in [0.15, 0.2) is 30.3 Å². The molecule has 0 aliphatic heterocycles. The number of hydrogen-bond acceptors (Lipinski definition) is 1. The highest BCUT2D eigenvalue weighted by molar-refractivity contribution is 5.74. The third-order valence-corrected chi connectivity index (χ3v) is 4.02. The van der Waals surface area contributed by atoms with Crippen molar-refractivity contribution in [3.05, 3.63) is 35.9 Å². The molecule has 1 aliphatic rings. The normalized spacial score (nSPS) is 19.1. The number of halogens is 2. The Labute approximate surface area is 111 Å². The van der Waals surface area contributed by atoms with Gasteiger partial charge in [0.1, 0.15) is 0 Å². The Balaban J connectivity index is 2.23. The zero-order valence-electron chi connectivity index (χ0n) is 10.7. The summed E-state index contributed by atoms with van der Waals surface area (Å²) in [5.74, 6) is -4.17. The second-order valence-electron chi connectivity index (χ2n) is 5.39. The number of carbonyl (C=O) groups is 1. The first-order valence-electron chi connectivity index (χ1n) is 6.63. The van der Waals surface area contributed by atoms with Gasteiger partial charge in [-0.15, -0.1) is 0 Å². The van der Waals surface area contributed by atoms with Crippen LogP contribution in [0.25, 0.3) is 0 Å². The molecule has 2 nitrogen and oxygen atoms in total. The minimum absolute atomic E-state index is 0.0961.